The van der Waals surface area contributed by atoms with Crippen LogP contribution in [-0.4, -0.2) is 23.5 Å². The fourth-order valence-electron chi connectivity index (χ4n) is 1.50. The number of hydrogen-bond donors (Lipinski definition) is 3. The van der Waals surface area contributed by atoms with Gasteiger partial charge in [-0.2, -0.15) is 0 Å². The molecule has 0 radical (unpaired) electrons. The summed E-state index contributed by atoms with van der Waals surface area (Å²) >= 11 is 0. The average Bonchev–Trinajstić information content (AvgIpc) is 2.18. The lowest BCUT2D eigenvalue weighted by molar-refractivity contribution is -0.122. The van der Waals surface area contributed by atoms with Crippen molar-refractivity contribution >= 4 is 11.7 Å². The lowest BCUT2D eigenvalue weighted by Gasteiger charge is -2.24. The van der Waals surface area contributed by atoms with Gasteiger partial charge in [-0.3, -0.25) is 4.79 Å². The van der Waals surface area contributed by atoms with Crippen LogP contribution in [0.25, 0.3) is 0 Å². The topological polar surface area (TPSA) is 87.7 Å². The van der Waals surface area contributed by atoms with E-state index in [0.29, 0.717) is 18.9 Å². The van der Waals surface area contributed by atoms with Crippen LogP contribution in [0.5, 0.6) is 0 Å². The molecule has 0 aliphatic heterocycles. The highest BCUT2D eigenvalue weighted by Crippen LogP contribution is 2.28. The Balaban J connectivity index is 2.15. The number of nitrogens with one attached hydrogen (secondary N) is 1. The summed E-state index contributed by atoms with van der Waals surface area (Å²) < 4.78 is 0. The number of rotatable bonds is 5. The van der Waals surface area contributed by atoms with E-state index in [0.717, 1.165) is 0 Å². The molecule has 1 unspecified atom stereocenters. The first-order valence-corrected chi connectivity index (χ1v) is 5.37. The number of carbonyl (C=O) groups excluding carboxylic acids is 1. The van der Waals surface area contributed by atoms with Crippen LogP contribution in [0.2, 0.25) is 0 Å². The van der Waals surface area contributed by atoms with Gasteiger partial charge in [0.15, 0.2) is 0 Å². The SMILES string of the molecule is CC(CNC(=O)CC1CCC1)C(N)=NO. The predicted molar refractivity (Wildman–Crippen MR) is 57.5 cm³/mol. The summed E-state index contributed by atoms with van der Waals surface area (Å²) in [6.45, 7) is 2.24. The predicted octanol–water partition coefficient (Wildman–Crippen LogP) is 0.675. The van der Waals surface area contributed by atoms with Gasteiger partial charge in [-0.1, -0.05) is 18.5 Å². The molecule has 0 aromatic carbocycles. The first kappa shape index (κ1) is 11.8. The van der Waals surface area contributed by atoms with Gasteiger partial charge in [0.1, 0.15) is 5.84 Å². The first-order valence-electron chi connectivity index (χ1n) is 5.37. The third-order valence-corrected chi connectivity index (χ3v) is 2.92. The van der Waals surface area contributed by atoms with E-state index in [-0.39, 0.29) is 17.7 Å². The molecule has 1 aliphatic rings. The normalized spacial score (nSPS) is 19.4. The molecular weight excluding hydrogens is 194 g/mol. The van der Waals surface area contributed by atoms with Gasteiger partial charge >= 0.3 is 0 Å². The van der Waals surface area contributed by atoms with E-state index in [2.05, 4.69) is 10.5 Å². The molecule has 0 aromatic rings. The zero-order chi connectivity index (χ0) is 11.3. The molecule has 0 spiro atoms. The van der Waals surface area contributed by atoms with Gasteiger partial charge in [-0.15, -0.1) is 0 Å². The lowest BCUT2D eigenvalue weighted by Crippen LogP contribution is -2.35. The summed E-state index contributed by atoms with van der Waals surface area (Å²) in [5, 5.41) is 14.1. The van der Waals surface area contributed by atoms with Crippen LogP contribution in [-0.2, 0) is 4.79 Å². The van der Waals surface area contributed by atoms with Gasteiger partial charge in [0.25, 0.3) is 0 Å². The van der Waals surface area contributed by atoms with E-state index in [1.54, 1.807) is 6.92 Å². The molecule has 86 valence electrons. The second-order valence-corrected chi connectivity index (χ2v) is 4.23. The van der Waals surface area contributed by atoms with Crippen LogP contribution in [0, 0.1) is 11.8 Å². The summed E-state index contributed by atoms with van der Waals surface area (Å²) in [4.78, 5) is 11.4. The number of nitrogens with zero attached hydrogens (tertiary/aromatic N) is 1. The highest BCUT2D eigenvalue weighted by Gasteiger charge is 2.20. The molecule has 1 saturated carbocycles. The van der Waals surface area contributed by atoms with Crippen LogP contribution in [0.4, 0.5) is 0 Å². The van der Waals surface area contributed by atoms with Gasteiger partial charge in [-0.25, -0.2) is 0 Å². The maximum atomic E-state index is 11.4. The number of nitrogens with two attached hydrogens (primary N) is 1. The molecule has 0 heterocycles. The summed E-state index contributed by atoms with van der Waals surface area (Å²) in [6.07, 6.45) is 4.20. The van der Waals surface area contributed by atoms with Crippen molar-refractivity contribution < 1.29 is 10.0 Å². The fourth-order valence-corrected chi connectivity index (χ4v) is 1.50. The Kier molecular flexibility index (Phi) is 4.39. The zero-order valence-corrected chi connectivity index (χ0v) is 9.07. The monoisotopic (exact) mass is 213 g/mol. The first-order chi connectivity index (χ1) is 7.13. The summed E-state index contributed by atoms with van der Waals surface area (Å²) in [6, 6.07) is 0. The number of carbonyl (C=O) groups is 1. The number of amides is 1. The molecule has 0 saturated heterocycles. The average molecular weight is 213 g/mol. The van der Waals surface area contributed by atoms with Crippen LogP contribution < -0.4 is 11.1 Å². The molecule has 1 atom stereocenters. The highest BCUT2D eigenvalue weighted by molar-refractivity contribution is 5.83. The standard InChI is InChI=1S/C10H19N3O2/c1-7(10(11)13-15)6-12-9(14)5-8-3-2-4-8/h7-8,15H,2-6H2,1H3,(H2,11,13)(H,12,14). The van der Waals surface area contributed by atoms with E-state index in [1.165, 1.54) is 19.3 Å². The second-order valence-electron chi connectivity index (χ2n) is 4.23. The maximum absolute atomic E-state index is 11.4. The third-order valence-electron chi connectivity index (χ3n) is 2.92. The number of oxime groups is 1. The third kappa shape index (κ3) is 3.77. The largest absolute Gasteiger partial charge is 0.409 e. The van der Waals surface area contributed by atoms with Crippen molar-refractivity contribution in [3.05, 3.63) is 0 Å². The van der Waals surface area contributed by atoms with Crippen molar-refractivity contribution in [2.75, 3.05) is 6.54 Å². The molecule has 1 rings (SSSR count). The van der Waals surface area contributed by atoms with Gasteiger partial charge in [0, 0.05) is 18.9 Å². The Morgan fingerprint density at radius 3 is 2.80 bits per heavy atom. The number of hydrogen-bond acceptors (Lipinski definition) is 3. The minimum absolute atomic E-state index is 0.0669. The van der Waals surface area contributed by atoms with E-state index < -0.39 is 0 Å². The Hall–Kier alpha value is -1.26. The molecule has 1 amide bonds. The molecule has 5 nitrogen and oxygen atoms in total. The number of amidine groups is 1. The summed E-state index contributed by atoms with van der Waals surface area (Å²) in [5.41, 5.74) is 5.39. The molecule has 0 aromatic heterocycles. The van der Waals surface area contributed by atoms with Crippen LogP contribution in [0.15, 0.2) is 5.16 Å². The van der Waals surface area contributed by atoms with Crippen LogP contribution in [0.3, 0.4) is 0 Å². The van der Waals surface area contributed by atoms with Crippen molar-refractivity contribution in [1.82, 2.24) is 5.32 Å². The molecule has 1 fully saturated rings. The van der Waals surface area contributed by atoms with Crippen molar-refractivity contribution in [3.8, 4) is 0 Å². The van der Waals surface area contributed by atoms with Crippen molar-refractivity contribution in [2.45, 2.75) is 32.6 Å². The molecule has 4 N–H and O–H groups in total. The zero-order valence-electron chi connectivity index (χ0n) is 9.07. The van der Waals surface area contributed by atoms with Gasteiger partial charge in [0.2, 0.25) is 5.91 Å². The van der Waals surface area contributed by atoms with E-state index in [1.807, 2.05) is 0 Å². The highest BCUT2D eigenvalue weighted by atomic mass is 16.4. The van der Waals surface area contributed by atoms with Crippen LogP contribution >= 0.6 is 0 Å². The quantitative estimate of drug-likeness (QED) is 0.271. The van der Waals surface area contributed by atoms with E-state index in [9.17, 15) is 4.79 Å². The van der Waals surface area contributed by atoms with E-state index >= 15 is 0 Å². The Morgan fingerprint density at radius 2 is 2.33 bits per heavy atom. The summed E-state index contributed by atoms with van der Waals surface area (Å²) in [5.74, 6) is 0.667. The van der Waals surface area contributed by atoms with Crippen molar-refractivity contribution in [3.63, 3.8) is 0 Å². The van der Waals surface area contributed by atoms with Gasteiger partial charge in [0.05, 0.1) is 0 Å². The minimum Gasteiger partial charge on any atom is -0.409 e. The summed E-state index contributed by atoms with van der Waals surface area (Å²) in [7, 11) is 0. The lowest BCUT2D eigenvalue weighted by atomic mass is 9.83. The Morgan fingerprint density at radius 1 is 1.67 bits per heavy atom. The molecular formula is C10H19N3O2. The van der Waals surface area contributed by atoms with E-state index in [4.69, 9.17) is 10.9 Å². The Bertz CT molecular complexity index is 249. The van der Waals surface area contributed by atoms with Gasteiger partial charge in [-0.05, 0) is 18.8 Å². The second kappa shape index (κ2) is 5.58. The van der Waals surface area contributed by atoms with Gasteiger partial charge < -0.3 is 16.3 Å². The molecule has 15 heavy (non-hydrogen) atoms. The fraction of sp³-hybridized carbons (Fsp3) is 0.800. The van der Waals surface area contributed by atoms with Crippen molar-refractivity contribution in [2.24, 2.45) is 22.7 Å². The smallest absolute Gasteiger partial charge is 0.220 e. The minimum atomic E-state index is -0.125. The molecule has 0 bridgehead atoms. The molecule has 1 aliphatic carbocycles. The maximum Gasteiger partial charge on any atom is 0.220 e. The van der Waals surface area contributed by atoms with Crippen LogP contribution in [0.1, 0.15) is 32.6 Å². The van der Waals surface area contributed by atoms with Crippen molar-refractivity contribution in [1.29, 1.82) is 0 Å². The Labute approximate surface area is 89.7 Å². The molecule has 5 heteroatoms.